The van der Waals surface area contributed by atoms with Crippen molar-refractivity contribution in [1.29, 1.82) is 0 Å². The summed E-state index contributed by atoms with van der Waals surface area (Å²) in [5, 5.41) is 33.4. The number of hydrogen-bond acceptors (Lipinski definition) is 7. The quantitative estimate of drug-likeness (QED) is 0.227. The van der Waals surface area contributed by atoms with Crippen LogP contribution < -0.4 is 0 Å². The number of carbonyl (C=O) groups is 2. The van der Waals surface area contributed by atoms with Crippen LogP contribution in [-0.4, -0.2) is 98.4 Å². The maximum Gasteiger partial charge on any atom is 0.335 e. The molecule has 0 aliphatic rings. The Balaban J connectivity index is 0. The molecule has 0 aliphatic heterocycles. The molecule has 164 valence electrons. The normalized spacial score (nSPS) is 11.4. The van der Waals surface area contributed by atoms with Crippen molar-refractivity contribution < 1.29 is 47.7 Å². The fourth-order valence-corrected chi connectivity index (χ4v) is 1.78. The summed E-state index contributed by atoms with van der Waals surface area (Å²) >= 11 is 0. The fraction of sp³-hybridized carbons (Fsp3) is 0.500. The van der Waals surface area contributed by atoms with E-state index in [1.54, 1.807) is 0 Å². The van der Waals surface area contributed by atoms with Gasteiger partial charge in [-0.2, -0.15) is 8.42 Å². The van der Waals surface area contributed by atoms with Crippen molar-refractivity contribution in [2.24, 2.45) is 0 Å². The van der Waals surface area contributed by atoms with E-state index in [1.807, 2.05) is 0 Å². The summed E-state index contributed by atoms with van der Waals surface area (Å²) in [6, 6.07) is 2.13. The van der Waals surface area contributed by atoms with Gasteiger partial charge in [0.1, 0.15) is 0 Å². The van der Waals surface area contributed by atoms with E-state index in [0.29, 0.717) is 25.3 Å². The molecule has 0 aliphatic carbocycles. The Kier molecular flexibility index (Phi) is 13.8. The molecule has 0 bridgehead atoms. The van der Waals surface area contributed by atoms with E-state index in [4.69, 9.17) is 25.0 Å². The first-order valence-electron chi connectivity index (χ1n) is 8.02. The van der Waals surface area contributed by atoms with E-state index in [-0.39, 0.29) is 13.2 Å². The Hall–Kier alpha value is -1.62. The number of benzene rings is 1. The minimum absolute atomic E-state index is 0.0278. The minimum Gasteiger partial charge on any atom is -0.478 e. The van der Waals surface area contributed by atoms with Crippen LogP contribution in [0, 0.1) is 0 Å². The van der Waals surface area contributed by atoms with Crippen molar-refractivity contribution >= 4 is 29.3 Å². The number of aliphatic hydroxyl groups is 2. The molecule has 5 N–H and O–H groups in total. The van der Waals surface area contributed by atoms with Gasteiger partial charge in [0.2, 0.25) is 0 Å². The molecule has 10 nitrogen and oxygen atoms in total. The van der Waals surface area contributed by atoms with Crippen LogP contribution in [0.1, 0.15) is 20.7 Å². The Labute approximate surface area is 164 Å². The maximum absolute atomic E-state index is 10.8. The van der Waals surface area contributed by atoms with Gasteiger partial charge in [-0.3, -0.25) is 4.55 Å². The monoisotopic (exact) mass is 444 g/mol. The first kappa shape index (κ1) is 28.6. The van der Waals surface area contributed by atoms with Gasteiger partial charge in [-0.05, 0) is 18.2 Å². The van der Waals surface area contributed by atoms with Crippen LogP contribution in [0.3, 0.4) is 0 Å². The van der Waals surface area contributed by atoms with E-state index in [1.165, 1.54) is 0 Å². The van der Waals surface area contributed by atoms with Crippen molar-refractivity contribution in [3.63, 3.8) is 0 Å². The Morgan fingerprint density at radius 2 is 1.21 bits per heavy atom. The standard InChI is InChI=1S/C8H6O7S.C4H10O3.C4H13P/c9-7(10)4-1-5(8(11)12)3-6(2-4)16(13,14)15;5-1-3-7-4-2-6;1-5(2,3)4/h1-3H,(H,9,10)(H,11,12)(H,13,14,15);5-6H,1-4H2;5H,1-4H3. The van der Waals surface area contributed by atoms with Gasteiger partial charge in [0.05, 0.1) is 42.4 Å². The number of carboxylic acid groups (broad SMARTS) is 2. The third-order valence-electron chi connectivity index (χ3n) is 2.17. The van der Waals surface area contributed by atoms with E-state index >= 15 is 0 Å². The van der Waals surface area contributed by atoms with Crippen LogP contribution in [0.15, 0.2) is 23.1 Å². The average molecular weight is 444 g/mol. The number of aliphatic hydroxyl groups excluding tert-OH is 2. The molecule has 0 fully saturated rings. The molecule has 0 saturated carbocycles. The zero-order chi connectivity index (χ0) is 22.5. The second-order valence-electron chi connectivity index (χ2n) is 6.89. The molecule has 0 spiro atoms. The summed E-state index contributed by atoms with van der Waals surface area (Å²) in [6.07, 6.45) is 0. The molecular formula is C16H29O10PS. The molecule has 0 amide bonds. The number of carboxylic acids is 2. The second kappa shape index (κ2) is 13.5. The van der Waals surface area contributed by atoms with Gasteiger partial charge in [-0.15, -0.1) is 0 Å². The number of hydrogen-bond donors (Lipinski definition) is 5. The van der Waals surface area contributed by atoms with Crippen molar-refractivity contribution in [1.82, 2.24) is 0 Å². The molecule has 0 unspecified atom stereocenters. The molecule has 0 aromatic heterocycles. The molecule has 1 rings (SSSR count). The first-order chi connectivity index (χ1) is 12.6. The molecule has 1 aromatic carbocycles. The summed E-state index contributed by atoms with van der Waals surface area (Å²) in [5.74, 6) is -2.99. The van der Waals surface area contributed by atoms with Crippen LogP contribution in [-0.2, 0) is 14.9 Å². The molecule has 0 saturated heterocycles. The van der Waals surface area contributed by atoms with Gasteiger partial charge in [0.25, 0.3) is 10.1 Å². The van der Waals surface area contributed by atoms with Gasteiger partial charge < -0.3 is 25.2 Å². The number of ether oxygens (including phenoxy) is 1. The largest absolute Gasteiger partial charge is 0.478 e. The van der Waals surface area contributed by atoms with Crippen LogP contribution in [0.2, 0.25) is 0 Å². The summed E-state index contributed by atoms with van der Waals surface area (Å²) in [5.41, 5.74) is -1.07. The molecule has 28 heavy (non-hydrogen) atoms. The number of aromatic carboxylic acids is 2. The average Bonchev–Trinajstić information content (AvgIpc) is 2.53. The third kappa shape index (κ3) is 16.5. The SMILES string of the molecule is C[PH](C)(C)C.O=C(O)c1cc(C(=O)O)cc(S(=O)(=O)O)c1.OCCOCCO. The summed E-state index contributed by atoms with van der Waals surface area (Å²) in [4.78, 5) is 20.4. The van der Waals surface area contributed by atoms with Crippen LogP contribution in [0.4, 0.5) is 0 Å². The Morgan fingerprint density at radius 3 is 1.43 bits per heavy atom. The number of rotatable bonds is 7. The van der Waals surface area contributed by atoms with E-state index < -0.39 is 45.3 Å². The predicted octanol–water partition coefficient (Wildman–Crippen LogP) is 0.573. The smallest absolute Gasteiger partial charge is 0.335 e. The first-order valence-corrected chi connectivity index (χ1v) is 13.5. The van der Waals surface area contributed by atoms with Crippen molar-refractivity contribution in [3.8, 4) is 0 Å². The van der Waals surface area contributed by atoms with E-state index in [2.05, 4.69) is 31.4 Å². The Morgan fingerprint density at radius 1 is 0.893 bits per heavy atom. The van der Waals surface area contributed by atoms with E-state index in [0.717, 1.165) is 6.07 Å². The Bertz CT molecular complexity index is 683. The third-order valence-corrected chi connectivity index (χ3v) is 3.00. The zero-order valence-corrected chi connectivity index (χ0v) is 18.1. The van der Waals surface area contributed by atoms with Gasteiger partial charge >= 0.3 is 45.9 Å². The van der Waals surface area contributed by atoms with Crippen molar-refractivity contribution in [2.75, 3.05) is 53.1 Å². The van der Waals surface area contributed by atoms with Gasteiger partial charge in [-0.25, -0.2) is 9.59 Å². The molecule has 12 heteroatoms. The summed E-state index contributed by atoms with van der Waals surface area (Å²) in [7, 11) is -5.25. The van der Waals surface area contributed by atoms with Crippen LogP contribution in [0.5, 0.6) is 0 Å². The van der Waals surface area contributed by atoms with E-state index in [9.17, 15) is 18.0 Å². The van der Waals surface area contributed by atoms with Gasteiger partial charge in [0.15, 0.2) is 0 Å². The molecule has 0 heterocycles. The molecule has 0 atom stereocenters. The molecule has 0 radical (unpaired) electrons. The molecular weight excluding hydrogens is 415 g/mol. The topological polar surface area (TPSA) is 179 Å². The van der Waals surface area contributed by atoms with Gasteiger partial charge in [0, 0.05) is 0 Å². The van der Waals surface area contributed by atoms with Crippen molar-refractivity contribution in [3.05, 3.63) is 29.3 Å². The minimum atomic E-state index is -4.64. The van der Waals surface area contributed by atoms with Crippen LogP contribution >= 0.6 is 7.26 Å². The summed E-state index contributed by atoms with van der Waals surface area (Å²) in [6.45, 7) is 10.0. The zero-order valence-electron chi connectivity index (χ0n) is 16.2. The second-order valence-corrected chi connectivity index (χ2v) is 14.3. The fourth-order valence-electron chi connectivity index (χ4n) is 1.23. The maximum atomic E-state index is 10.8. The summed E-state index contributed by atoms with van der Waals surface area (Å²) < 4.78 is 34.8. The van der Waals surface area contributed by atoms with Crippen molar-refractivity contribution in [2.45, 2.75) is 4.90 Å². The molecule has 1 aromatic rings. The van der Waals surface area contributed by atoms with Gasteiger partial charge in [-0.1, -0.05) is 0 Å². The van der Waals surface area contributed by atoms with Crippen LogP contribution in [0.25, 0.3) is 0 Å². The predicted molar refractivity (Wildman–Crippen MR) is 107 cm³/mol.